The minimum atomic E-state index is -0.804. The molecular formula is C16H28N2O3. The summed E-state index contributed by atoms with van der Waals surface area (Å²) >= 11 is 0. The van der Waals surface area contributed by atoms with Crippen LogP contribution in [-0.2, 0) is 9.59 Å². The molecule has 0 aromatic carbocycles. The second kappa shape index (κ2) is 7.78. The lowest BCUT2D eigenvalue weighted by molar-refractivity contribution is -0.146. The number of rotatable bonds is 5. The van der Waals surface area contributed by atoms with Gasteiger partial charge in [0, 0.05) is 12.6 Å². The third kappa shape index (κ3) is 4.70. The number of nitrogens with zero attached hydrogens (tertiary/aromatic N) is 1. The van der Waals surface area contributed by atoms with E-state index in [1.807, 2.05) is 11.8 Å². The van der Waals surface area contributed by atoms with Crippen LogP contribution in [0.5, 0.6) is 0 Å². The molecule has 0 spiro atoms. The Hall–Kier alpha value is -1.10. The van der Waals surface area contributed by atoms with Gasteiger partial charge < -0.3 is 10.4 Å². The first-order valence-corrected chi connectivity index (χ1v) is 8.33. The maximum atomic E-state index is 12.1. The van der Waals surface area contributed by atoms with E-state index in [4.69, 9.17) is 0 Å². The molecule has 5 nitrogen and oxygen atoms in total. The molecule has 0 aromatic rings. The molecule has 1 amide bonds. The topological polar surface area (TPSA) is 69.6 Å². The predicted molar refractivity (Wildman–Crippen MR) is 81.0 cm³/mol. The molecule has 2 N–H and O–H groups in total. The van der Waals surface area contributed by atoms with Crippen molar-refractivity contribution in [2.75, 3.05) is 13.1 Å². The zero-order valence-corrected chi connectivity index (χ0v) is 13.0. The number of piperidine rings is 1. The minimum absolute atomic E-state index is 0.0272. The van der Waals surface area contributed by atoms with Crippen molar-refractivity contribution in [3.05, 3.63) is 0 Å². The van der Waals surface area contributed by atoms with Crippen LogP contribution in [0.3, 0.4) is 0 Å². The molecule has 1 saturated heterocycles. The lowest BCUT2D eigenvalue weighted by Crippen LogP contribution is -2.53. The maximum absolute atomic E-state index is 12.1. The number of hydrogen-bond acceptors (Lipinski definition) is 3. The van der Waals surface area contributed by atoms with Crippen molar-refractivity contribution in [1.29, 1.82) is 0 Å². The number of carbonyl (C=O) groups is 2. The fourth-order valence-electron chi connectivity index (χ4n) is 3.65. The quantitative estimate of drug-likeness (QED) is 0.814. The summed E-state index contributed by atoms with van der Waals surface area (Å²) < 4.78 is 0. The van der Waals surface area contributed by atoms with Gasteiger partial charge in [0.25, 0.3) is 0 Å². The minimum Gasteiger partial charge on any atom is -0.480 e. The van der Waals surface area contributed by atoms with Crippen molar-refractivity contribution in [3.63, 3.8) is 0 Å². The van der Waals surface area contributed by atoms with Gasteiger partial charge in [-0.25, -0.2) is 0 Å². The van der Waals surface area contributed by atoms with Crippen LogP contribution < -0.4 is 5.32 Å². The highest BCUT2D eigenvalue weighted by molar-refractivity contribution is 5.80. The van der Waals surface area contributed by atoms with Gasteiger partial charge in [0.2, 0.25) is 5.91 Å². The summed E-state index contributed by atoms with van der Waals surface area (Å²) in [4.78, 5) is 25.3. The number of nitrogens with one attached hydrogen (secondary N) is 1. The number of carboxylic acid groups (broad SMARTS) is 1. The van der Waals surface area contributed by atoms with Gasteiger partial charge in [-0.1, -0.05) is 19.3 Å². The molecule has 2 fully saturated rings. The Balaban J connectivity index is 1.80. The molecule has 1 aliphatic carbocycles. The number of hydrogen-bond donors (Lipinski definition) is 2. The molecule has 1 saturated carbocycles. The average molecular weight is 296 g/mol. The zero-order chi connectivity index (χ0) is 15.2. The van der Waals surface area contributed by atoms with E-state index < -0.39 is 12.0 Å². The molecule has 0 unspecified atom stereocenters. The van der Waals surface area contributed by atoms with E-state index in [0.717, 1.165) is 19.4 Å². The van der Waals surface area contributed by atoms with Crippen LogP contribution in [0.4, 0.5) is 0 Å². The Labute approximate surface area is 127 Å². The summed E-state index contributed by atoms with van der Waals surface area (Å²) in [5, 5.41) is 12.3. The Bertz CT molecular complexity index is 367. The van der Waals surface area contributed by atoms with E-state index in [1.165, 1.54) is 32.1 Å². The summed E-state index contributed by atoms with van der Waals surface area (Å²) in [5.74, 6) is -0.223. The molecular weight excluding hydrogens is 268 g/mol. The molecule has 21 heavy (non-hydrogen) atoms. The summed E-state index contributed by atoms with van der Waals surface area (Å²) in [5.41, 5.74) is 0. The Morgan fingerprint density at radius 1 is 1.10 bits per heavy atom. The van der Waals surface area contributed by atoms with Crippen molar-refractivity contribution < 1.29 is 14.7 Å². The van der Waals surface area contributed by atoms with Crippen LogP contribution in [0.1, 0.15) is 58.3 Å². The monoisotopic (exact) mass is 296 g/mol. The van der Waals surface area contributed by atoms with Crippen LogP contribution in [0, 0.1) is 5.92 Å². The van der Waals surface area contributed by atoms with E-state index in [9.17, 15) is 14.7 Å². The average Bonchev–Trinajstić information content (AvgIpc) is 2.48. The summed E-state index contributed by atoms with van der Waals surface area (Å²) in [7, 11) is 0. The molecule has 120 valence electrons. The van der Waals surface area contributed by atoms with E-state index in [2.05, 4.69) is 5.32 Å². The lowest BCUT2D eigenvalue weighted by atomic mass is 9.89. The molecule has 2 aliphatic rings. The molecule has 2 atom stereocenters. The lowest BCUT2D eigenvalue weighted by Gasteiger charge is -2.37. The fraction of sp³-hybridized carbons (Fsp3) is 0.875. The molecule has 0 bridgehead atoms. The van der Waals surface area contributed by atoms with E-state index in [1.54, 1.807) is 0 Å². The highest BCUT2D eigenvalue weighted by Crippen LogP contribution is 2.24. The number of aliphatic carboxylic acids is 1. The number of carboxylic acids is 1. The van der Waals surface area contributed by atoms with Crippen LogP contribution in [0.2, 0.25) is 0 Å². The molecule has 5 heteroatoms. The van der Waals surface area contributed by atoms with Crippen molar-refractivity contribution in [1.82, 2.24) is 10.2 Å². The molecule has 1 heterocycles. The van der Waals surface area contributed by atoms with Gasteiger partial charge >= 0.3 is 5.97 Å². The molecule has 0 radical (unpaired) electrons. The van der Waals surface area contributed by atoms with Crippen LogP contribution in [-0.4, -0.2) is 47.1 Å². The smallest absolute Gasteiger partial charge is 0.320 e. The second-order valence-electron chi connectivity index (χ2n) is 6.61. The van der Waals surface area contributed by atoms with Gasteiger partial charge in [-0.15, -0.1) is 0 Å². The van der Waals surface area contributed by atoms with Crippen LogP contribution in [0.15, 0.2) is 0 Å². The summed E-state index contributed by atoms with van der Waals surface area (Å²) in [6.45, 7) is 2.98. The Morgan fingerprint density at radius 3 is 2.48 bits per heavy atom. The standard InChI is InChI=1S/C16H28N2O3/c1-12-6-5-9-14(16(20)21)18(12)11-15(19)17-10-13-7-3-2-4-8-13/h12-14H,2-11H2,1H3,(H,17,19)(H,20,21)/t12-,14-/m1/s1. The highest BCUT2D eigenvalue weighted by Gasteiger charge is 2.33. The predicted octanol–water partition coefficient (Wildman–Crippen LogP) is 2.01. The number of likely N-dealkylation sites (tertiary alicyclic amines) is 1. The first-order valence-electron chi connectivity index (χ1n) is 8.33. The van der Waals surface area contributed by atoms with Gasteiger partial charge in [0.15, 0.2) is 0 Å². The highest BCUT2D eigenvalue weighted by atomic mass is 16.4. The number of amides is 1. The van der Waals surface area contributed by atoms with E-state index in [-0.39, 0.29) is 18.5 Å². The van der Waals surface area contributed by atoms with Gasteiger partial charge in [-0.3, -0.25) is 14.5 Å². The Kier molecular flexibility index (Phi) is 6.03. The third-order valence-corrected chi connectivity index (χ3v) is 4.99. The van der Waals surface area contributed by atoms with Crippen molar-refractivity contribution >= 4 is 11.9 Å². The summed E-state index contributed by atoms with van der Waals surface area (Å²) in [6, 6.07) is -0.338. The van der Waals surface area contributed by atoms with Gasteiger partial charge in [-0.05, 0) is 44.9 Å². The molecule has 0 aromatic heterocycles. The van der Waals surface area contributed by atoms with Gasteiger partial charge in [0.1, 0.15) is 6.04 Å². The fourth-order valence-corrected chi connectivity index (χ4v) is 3.65. The van der Waals surface area contributed by atoms with Crippen LogP contribution >= 0.6 is 0 Å². The van der Waals surface area contributed by atoms with Crippen LogP contribution in [0.25, 0.3) is 0 Å². The molecule has 1 aliphatic heterocycles. The van der Waals surface area contributed by atoms with Crippen molar-refractivity contribution in [2.24, 2.45) is 5.92 Å². The van der Waals surface area contributed by atoms with E-state index in [0.29, 0.717) is 12.3 Å². The number of carbonyl (C=O) groups excluding carboxylic acids is 1. The van der Waals surface area contributed by atoms with Crippen molar-refractivity contribution in [3.8, 4) is 0 Å². The van der Waals surface area contributed by atoms with Crippen molar-refractivity contribution in [2.45, 2.75) is 70.4 Å². The third-order valence-electron chi connectivity index (χ3n) is 4.99. The van der Waals surface area contributed by atoms with E-state index >= 15 is 0 Å². The first kappa shape index (κ1) is 16.3. The molecule has 2 rings (SSSR count). The normalized spacial score (nSPS) is 28.2. The largest absolute Gasteiger partial charge is 0.480 e. The first-order chi connectivity index (χ1) is 10.1. The summed E-state index contributed by atoms with van der Waals surface area (Å²) in [6.07, 6.45) is 8.81. The Morgan fingerprint density at radius 2 is 1.81 bits per heavy atom. The second-order valence-corrected chi connectivity index (χ2v) is 6.61. The SMILES string of the molecule is C[C@@H]1CCC[C@H](C(=O)O)N1CC(=O)NCC1CCCCC1. The zero-order valence-electron chi connectivity index (χ0n) is 13.0. The van der Waals surface area contributed by atoms with Gasteiger partial charge in [0.05, 0.1) is 6.54 Å². The maximum Gasteiger partial charge on any atom is 0.320 e. The van der Waals surface area contributed by atoms with Gasteiger partial charge in [-0.2, -0.15) is 0 Å².